The van der Waals surface area contributed by atoms with Crippen LogP contribution in [0.5, 0.6) is 11.5 Å². The van der Waals surface area contributed by atoms with Crippen LogP contribution in [-0.4, -0.2) is 40.9 Å². The van der Waals surface area contributed by atoms with Crippen LogP contribution in [0.15, 0.2) is 46.5 Å². The fraction of sp³-hybridized carbons (Fsp3) is 0.267. The van der Waals surface area contributed by atoms with Crippen molar-refractivity contribution in [1.82, 2.24) is 15.3 Å². The third kappa shape index (κ3) is 4.26. The van der Waals surface area contributed by atoms with Crippen molar-refractivity contribution >= 4 is 17.7 Å². The smallest absolute Gasteiger partial charge is 0.251 e. The van der Waals surface area contributed by atoms with Gasteiger partial charge in [0.2, 0.25) is 5.91 Å². The zero-order valence-corrected chi connectivity index (χ0v) is 13.0. The molecule has 1 aromatic heterocycles. The molecule has 2 N–H and O–H groups in total. The molecule has 8 heteroatoms. The molecule has 3 rings (SSSR count). The molecular formula is C15H15N3O4S. The second kappa shape index (κ2) is 7.19. The number of carbonyl (C=O) groups is 1. The van der Waals surface area contributed by atoms with Gasteiger partial charge in [0.25, 0.3) is 5.56 Å². The van der Waals surface area contributed by atoms with Crippen molar-refractivity contribution in [3.63, 3.8) is 0 Å². The number of rotatable bonds is 5. The van der Waals surface area contributed by atoms with E-state index in [9.17, 15) is 9.59 Å². The quantitative estimate of drug-likeness (QED) is 0.621. The van der Waals surface area contributed by atoms with E-state index in [4.69, 9.17) is 9.47 Å². The molecule has 0 radical (unpaired) electrons. The molecule has 120 valence electrons. The van der Waals surface area contributed by atoms with Gasteiger partial charge in [0.05, 0.1) is 12.3 Å². The lowest BCUT2D eigenvalue weighted by Crippen LogP contribution is -2.41. The minimum atomic E-state index is -0.241. The van der Waals surface area contributed by atoms with Crippen molar-refractivity contribution in [2.45, 2.75) is 11.3 Å². The molecule has 0 unspecified atom stereocenters. The number of hydrogen-bond acceptors (Lipinski definition) is 6. The van der Waals surface area contributed by atoms with Crippen LogP contribution in [-0.2, 0) is 4.79 Å². The Morgan fingerprint density at radius 3 is 3.00 bits per heavy atom. The lowest BCUT2D eigenvalue weighted by Gasteiger charge is -2.26. The van der Waals surface area contributed by atoms with E-state index in [1.54, 1.807) is 0 Å². The average Bonchev–Trinajstić information content (AvgIpc) is 2.58. The van der Waals surface area contributed by atoms with E-state index in [0.717, 1.165) is 0 Å². The number of nitrogens with zero attached hydrogens (tertiary/aromatic N) is 1. The summed E-state index contributed by atoms with van der Waals surface area (Å²) in [4.78, 5) is 29.5. The topological polar surface area (TPSA) is 93.3 Å². The summed E-state index contributed by atoms with van der Waals surface area (Å²) in [6, 6.07) is 8.74. The van der Waals surface area contributed by atoms with Crippen LogP contribution >= 0.6 is 11.8 Å². The monoisotopic (exact) mass is 333 g/mol. The molecule has 1 aliphatic heterocycles. The number of aromatic nitrogens is 2. The standard InChI is InChI=1S/C15H15N3O4S/c19-13-5-6-16-15(18-13)23-9-14(20)17-7-10-8-21-11-3-1-2-4-12(11)22-10/h1-6,10H,7-9H2,(H,17,20)(H,16,18,19)/t10-/m1/s1. The molecule has 0 fully saturated rings. The first-order chi connectivity index (χ1) is 11.2. The van der Waals surface area contributed by atoms with Gasteiger partial charge >= 0.3 is 0 Å². The third-order valence-corrected chi connectivity index (χ3v) is 3.97. The molecule has 2 aromatic rings. The highest BCUT2D eigenvalue weighted by atomic mass is 32.2. The Hall–Kier alpha value is -2.48. The summed E-state index contributed by atoms with van der Waals surface area (Å²) < 4.78 is 11.3. The number of ether oxygens (including phenoxy) is 2. The Kier molecular flexibility index (Phi) is 4.82. The van der Waals surface area contributed by atoms with Crippen LogP contribution in [0.4, 0.5) is 0 Å². The molecule has 0 spiro atoms. The maximum absolute atomic E-state index is 11.8. The lowest BCUT2D eigenvalue weighted by atomic mass is 10.2. The highest BCUT2D eigenvalue weighted by Gasteiger charge is 2.20. The maximum atomic E-state index is 11.8. The third-order valence-electron chi connectivity index (χ3n) is 3.08. The van der Waals surface area contributed by atoms with Gasteiger partial charge in [0, 0.05) is 12.3 Å². The van der Waals surface area contributed by atoms with E-state index in [1.807, 2.05) is 24.3 Å². The van der Waals surface area contributed by atoms with Crippen LogP contribution in [0.25, 0.3) is 0 Å². The minimum absolute atomic E-state index is 0.163. The zero-order valence-electron chi connectivity index (χ0n) is 12.2. The molecule has 0 bridgehead atoms. The molecule has 1 aliphatic rings. The number of thioether (sulfide) groups is 1. The van der Waals surface area contributed by atoms with Crippen molar-refractivity contribution < 1.29 is 14.3 Å². The van der Waals surface area contributed by atoms with Crippen molar-refractivity contribution in [1.29, 1.82) is 0 Å². The van der Waals surface area contributed by atoms with E-state index >= 15 is 0 Å². The SMILES string of the molecule is O=C(CSc1nccc(=O)[nH]1)NC[C@@H]1COc2ccccc2O1. The maximum Gasteiger partial charge on any atom is 0.251 e. The number of nitrogens with one attached hydrogen (secondary N) is 2. The number of hydrogen-bond donors (Lipinski definition) is 2. The van der Waals surface area contributed by atoms with Gasteiger partial charge in [-0.3, -0.25) is 9.59 Å². The molecule has 0 saturated carbocycles. The van der Waals surface area contributed by atoms with Crippen LogP contribution in [0.2, 0.25) is 0 Å². The number of H-pyrrole nitrogens is 1. The van der Waals surface area contributed by atoms with E-state index in [-0.39, 0.29) is 23.3 Å². The van der Waals surface area contributed by atoms with Crippen LogP contribution in [0.1, 0.15) is 0 Å². The number of aromatic amines is 1. The Labute approximate surface area is 136 Å². The number of carbonyl (C=O) groups excluding carboxylic acids is 1. The minimum Gasteiger partial charge on any atom is -0.486 e. The van der Waals surface area contributed by atoms with Gasteiger partial charge in [0.1, 0.15) is 12.7 Å². The van der Waals surface area contributed by atoms with Gasteiger partial charge in [-0.25, -0.2) is 4.98 Å². The Morgan fingerprint density at radius 1 is 1.35 bits per heavy atom. The Morgan fingerprint density at radius 2 is 2.17 bits per heavy atom. The molecule has 1 aromatic carbocycles. The van der Waals surface area contributed by atoms with Crippen molar-refractivity contribution in [3.05, 3.63) is 46.9 Å². The first kappa shape index (κ1) is 15.4. The van der Waals surface area contributed by atoms with Crippen LogP contribution in [0.3, 0.4) is 0 Å². The van der Waals surface area contributed by atoms with Gasteiger partial charge < -0.3 is 19.8 Å². The molecule has 1 atom stereocenters. The molecule has 0 saturated heterocycles. The molecule has 1 amide bonds. The Balaban J connectivity index is 1.44. The molecule has 23 heavy (non-hydrogen) atoms. The fourth-order valence-electron chi connectivity index (χ4n) is 2.00. The second-order valence-electron chi connectivity index (χ2n) is 4.83. The molecule has 0 aliphatic carbocycles. The zero-order chi connectivity index (χ0) is 16.1. The highest BCUT2D eigenvalue weighted by Crippen LogP contribution is 2.30. The largest absolute Gasteiger partial charge is 0.486 e. The van der Waals surface area contributed by atoms with Crippen molar-refractivity contribution in [3.8, 4) is 11.5 Å². The fourth-order valence-corrected chi connectivity index (χ4v) is 2.68. The van der Waals surface area contributed by atoms with Crippen molar-refractivity contribution in [2.75, 3.05) is 18.9 Å². The summed E-state index contributed by atoms with van der Waals surface area (Å²) in [6.45, 7) is 0.741. The van der Waals surface area contributed by atoms with Gasteiger partial charge in [0.15, 0.2) is 16.7 Å². The highest BCUT2D eigenvalue weighted by molar-refractivity contribution is 7.99. The summed E-state index contributed by atoms with van der Waals surface area (Å²) in [6.07, 6.45) is 1.18. The molecule has 2 heterocycles. The first-order valence-electron chi connectivity index (χ1n) is 7.04. The first-order valence-corrected chi connectivity index (χ1v) is 8.02. The summed E-state index contributed by atoms with van der Waals surface area (Å²) in [5.74, 6) is 1.39. The predicted octanol–water partition coefficient (Wildman–Crippen LogP) is 0.818. The number of amides is 1. The number of benzene rings is 1. The van der Waals surface area contributed by atoms with Crippen LogP contribution in [0, 0.1) is 0 Å². The predicted molar refractivity (Wildman–Crippen MR) is 84.9 cm³/mol. The van der Waals surface area contributed by atoms with Gasteiger partial charge in [-0.15, -0.1) is 0 Å². The van der Waals surface area contributed by atoms with E-state index in [1.165, 1.54) is 24.0 Å². The number of fused-ring (bicyclic) bond motifs is 1. The van der Waals surface area contributed by atoms with Gasteiger partial charge in [-0.05, 0) is 12.1 Å². The summed E-state index contributed by atoms with van der Waals surface area (Å²) in [5.41, 5.74) is -0.241. The normalized spacial score (nSPS) is 15.9. The van der Waals surface area contributed by atoms with E-state index in [2.05, 4.69) is 15.3 Å². The van der Waals surface area contributed by atoms with Crippen molar-refractivity contribution in [2.24, 2.45) is 0 Å². The summed E-state index contributed by atoms with van der Waals surface area (Å²) >= 11 is 1.17. The van der Waals surface area contributed by atoms with E-state index in [0.29, 0.717) is 29.8 Å². The van der Waals surface area contributed by atoms with Gasteiger partial charge in [-0.2, -0.15) is 0 Å². The summed E-state index contributed by atoms with van der Waals surface area (Å²) in [5, 5.41) is 3.20. The second-order valence-corrected chi connectivity index (χ2v) is 5.79. The molecule has 7 nitrogen and oxygen atoms in total. The van der Waals surface area contributed by atoms with E-state index < -0.39 is 0 Å². The lowest BCUT2D eigenvalue weighted by molar-refractivity contribution is -0.119. The number of para-hydroxylation sites is 2. The Bertz CT molecular complexity index is 749. The van der Waals surface area contributed by atoms with Gasteiger partial charge in [-0.1, -0.05) is 23.9 Å². The van der Waals surface area contributed by atoms with Crippen LogP contribution < -0.4 is 20.3 Å². The summed E-state index contributed by atoms with van der Waals surface area (Å²) in [7, 11) is 0. The molecular weight excluding hydrogens is 318 g/mol. The average molecular weight is 333 g/mol.